The summed E-state index contributed by atoms with van der Waals surface area (Å²) in [7, 11) is 3.08. The maximum atomic E-state index is 14.1. The van der Waals surface area contributed by atoms with Crippen LogP contribution < -0.4 is 10.4 Å². The molecule has 7 nitrogen and oxygen atoms in total. The van der Waals surface area contributed by atoms with E-state index in [0.717, 1.165) is 25.7 Å². The number of carbonyl (C=O) groups is 1. The number of halogens is 1. The number of imidazole rings is 1. The van der Waals surface area contributed by atoms with Crippen molar-refractivity contribution < 1.29 is 18.7 Å². The summed E-state index contributed by atoms with van der Waals surface area (Å²) in [6.45, 7) is 5.91. The first-order chi connectivity index (χ1) is 14.8. The highest BCUT2D eigenvalue weighted by atomic mass is 19.1. The van der Waals surface area contributed by atoms with Gasteiger partial charge in [0.15, 0.2) is 11.6 Å². The number of ether oxygens (including phenoxy) is 2. The summed E-state index contributed by atoms with van der Waals surface area (Å²) in [5.41, 5.74) is 1.08. The highest BCUT2D eigenvalue weighted by Gasteiger charge is 2.33. The summed E-state index contributed by atoms with van der Waals surface area (Å²) in [4.78, 5) is 27.8. The molecule has 2 aliphatic rings. The molecule has 0 spiro atoms. The van der Waals surface area contributed by atoms with Crippen molar-refractivity contribution in [2.45, 2.75) is 58.3 Å². The molecule has 1 saturated heterocycles. The van der Waals surface area contributed by atoms with Gasteiger partial charge in [0.25, 0.3) is 0 Å². The van der Waals surface area contributed by atoms with Gasteiger partial charge in [-0.05, 0) is 45.4 Å². The maximum absolute atomic E-state index is 14.1. The van der Waals surface area contributed by atoms with Gasteiger partial charge in [-0.3, -0.25) is 13.9 Å². The van der Waals surface area contributed by atoms with Gasteiger partial charge in [-0.2, -0.15) is 0 Å². The van der Waals surface area contributed by atoms with E-state index in [-0.39, 0.29) is 35.5 Å². The van der Waals surface area contributed by atoms with Gasteiger partial charge >= 0.3 is 5.69 Å². The summed E-state index contributed by atoms with van der Waals surface area (Å²) < 4.78 is 28.2. The molecule has 1 aliphatic carbocycles. The molecular formula is C23H32FN3O4. The fraction of sp³-hybridized carbons (Fsp3) is 0.652. The van der Waals surface area contributed by atoms with Gasteiger partial charge in [-0.1, -0.05) is 0 Å². The lowest BCUT2D eigenvalue weighted by atomic mass is 9.81. The highest BCUT2D eigenvalue weighted by Crippen LogP contribution is 2.33. The van der Waals surface area contributed by atoms with E-state index in [1.54, 1.807) is 17.7 Å². The van der Waals surface area contributed by atoms with Gasteiger partial charge in [0.2, 0.25) is 5.91 Å². The van der Waals surface area contributed by atoms with E-state index in [2.05, 4.69) is 0 Å². The molecule has 0 N–H and O–H groups in total. The van der Waals surface area contributed by atoms with E-state index >= 15 is 0 Å². The lowest BCUT2D eigenvalue weighted by Gasteiger charge is -2.38. The van der Waals surface area contributed by atoms with Crippen molar-refractivity contribution in [3.8, 4) is 5.75 Å². The molecule has 1 aliphatic heterocycles. The Morgan fingerprint density at radius 1 is 1.13 bits per heavy atom. The quantitative estimate of drug-likeness (QED) is 0.744. The summed E-state index contributed by atoms with van der Waals surface area (Å²) in [6, 6.07) is 2.95. The van der Waals surface area contributed by atoms with Crippen molar-refractivity contribution in [2.24, 2.45) is 18.9 Å². The Bertz CT molecular complexity index is 1010. The summed E-state index contributed by atoms with van der Waals surface area (Å²) in [5, 5.41) is 0. The first-order valence-corrected chi connectivity index (χ1v) is 11.2. The van der Waals surface area contributed by atoms with E-state index in [1.807, 2.05) is 18.7 Å². The van der Waals surface area contributed by atoms with E-state index in [4.69, 9.17) is 9.47 Å². The van der Waals surface area contributed by atoms with Crippen LogP contribution in [0.4, 0.5) is 4.39 Å². The third kappa shape index (κ3) is 4.22. The number of fused-ring (bicyclic) bond motifs is 1. The van der Waals surface area contributed by atoms with Crippen molar-refractivity contribution in [1.82, 2.24) is 14.0 Å². The largest absolute Gasteiger partial charge is 0.494 e. The Morgan fingerprint density at radius 3 is 2.39 bits per heavy atom. The number of methoxy groups -OCH3 is 1. The van der Waals surface area contributed by atoms with Crippen LogP contribution in [0, 0.1) is 17.7 Å². The van der Waals surface area contributed by atoms with Crippen LogP contribution in [0.3, 0.4) is 0 Å². The molecule has 2 atom stereocenters. The molecule has 4 rings (SSSR count). The average Bonchev–Trinajstić information content (AvgIpc) is 2.96. The third-order valence-electron chi connectivity index (χ3n) is 6.79. The second-order valence-corrected chi connectivity index (χ2v) is 9.15. The fourth-order valence-corrected chi connectivity index (χ4v) is 5.20. The number of amides is 1. The smallest absolute Gasteiger partial charge is 0.328 e. The molecule has 2 heterocycles. The van der Waals surface area contributed by atoms with Crippen LogP contribution in [0.2, 0.25) is 0 Å². The Hall–Kier alpha value is -2.35. The number of hydrogen-bond acceptors (Lipinski definition) is 4. The topological polar surface area (TPSA) is 65.7 Å². The normalized spacial score (nSPS) is 26.9. The fourth-order valence-electron chi connectivity index (χ4n) is 5.20. The van der Waals surface area contributed by atoms with Crippen molar-refractivity contribution in [3.05, 3.63) is 28.4 Å². The SMILES string of the molecule is COc1cc2c(cc1F)n(C)c(=O)n2C[C@H]1CC[C@H](C(=O)N2C[C@@H](C)O[C@@H](C)C2)CC1. The number of hydrogen-bond donors (Lipinski definition) is 0. The Kier molecular flexibility index (Phi) is 6.10. The zero-order valence-corrected chi connectivity index (χ0v) is 18.8. The lowest BCUT2D eigenvalue weighted by Crippen LogP contribution is -2.50. The van der Waals surface area contributed by atoms with Gasteiger partial charge in [-0.25, -0.2) is 9.18 Å². The van der Waals surface area contributed by atoms with Crippen LogP contribution in [0.25, 0.3) is 11.0 Å². The first-order valence-electron chi connectivity index (χ1n) is 11.2. The highest BCUT2D eigenvalue weighted by molar-refractivity contribution is 5.79. The van der Waals surface area contributed by atoms with Gasteiger partial charge in [-0.15, -0.1) is 0 Å². The second-order valence-electron chi connectivity index (χ2n) is 9.15. The van der Waals surface area contributed by atoms with Gasteiger partial charge in [0.1, 0.15) is 0 Å². The number of benzene rings is 1. The van der Waals surface area contributed by atoms with Gasteiger partial charge in [0, 0.05) is 44.7 Å². The minimum Gasteiger partial charge on any atom is -0.494 e. The van der Waals surface area contributed by atoms with E-state index in [9.17, 15) is 14.0 Å². The number of rotatable bonds is 4. The predicted molar refractivity (Wildman–Crippen MR) is 116 cm³/mol. The van der Waals surface area contributed by atoms with Crippen molar-refractivity contribution in [2.75, 3.05) is 20.2 Å². The maximum Gasteiger partial charge on any atom is 0.328 e. The first kappa shape index (κ1) is 21.9. The molecule has 1 amide bonds. The second kappa shape index (κ2) is 8.65. The van der Waals surface area contributed by atoms with E-state index < -0.39 is 5.82 Å². The number of carbonyl (C=O) groups excluding carboxylic acids is 1. The van der Waals surface area contributed by atoms with Crippen LogP contribution in [-0.4, -0.2) is 52.3 Å². The molecule has 1 saturated carbocycles. The van der Waals surface area contributed by atoms with Crippen LogP contribution >= 0.6 is 0 Å². The van der Waals surface area contributed by atoms with Gasteiger partial charge < -0.3 is 14.4 Å². The molecule has 8 heteroatoms. The molecule has 2 aromatic rings. The predicted octanol–water partition coefficient (Wildman–Crippen LogP) is 2.93. The number of nitrogens with zero attached hydrogens (tertiary/aromatic N) is 3. The van der Waals surface area contributed by atoms with Gasteiger partial charge in [0.05, 0.1) is 30.4 Å². The van der Waals surface area contributed by atoms with E-state index in [0.29, 0.717) is 36.6 Å². The van der Waals surface area contributed by atoms with Crippen molar-refractivity contribution in [3.63, 3.8) is 0 Å². The van der Waals surface area contributed by atoms with E-state index in [1.165, 1.54) is 17.7 Å². The average molecular weight is 434 g/mol. The molecule has 31 heavy (non-hydrogen) atoms. The standard InChI is InChI=1S/C23H32FN3O4/c1-14-11-26(12-15(2)31-14)22(28)17-7-5-16(6-8-17)13-27-20-10-21(30-4)18(24)9-19(20)25(3)23(27)29/h9-10,14-17H,5-8,11-13H2,1-4H3/t14-,15+,16-,17-. The molecule has 0 unspecified atom stereocenters. The zero-order chi connectivity index (χ0) is 22.3. The molecule has 170 valence electrons. The van der Waals surface area contributed by atoms with Crippen LogP contribution in [-0.2, 0) is 23.1 Å². The zero-order valence-electron chi connectivity index (χ0n) is 18.8. The van der Waals surface area contributed by atoms with Crippen LogP contribution in [0.15, 0.2) is 16.9 Å². The van der Waals surface area contributed by atoms with Crippen molar-refractivity contribution in [1.29, 1.82) is 0 Å². The van der Waals surface area contributed by atoms with Crippen LogP contribution in [0.1, 0.15) is 39.5 Å². The molecular weight excluding hydrogens is 401 g/mol. The van der Waals surface area contributed by atoms with Crippen molar-refractivity contribution >= 4 is 16.9 Å². The van der Waals surface area contributed by atoms with Crippen LogP contribution in [0.5, 0.6) is 5.75 Å². The Labute approximate surface area is 181 Å². The molecule has 2 fully saturated rings. The Balaban J connectivity index is 1.45. The molecule has 1 aromatic heterocycles. The minimum atomic E-state index is -0.478. The third-order valence-corrected chi connectivity index (χ3v) is 6.79. The number of aryl methyl sites for hydroxylation is 1. The molecule has 0 radical (unpaired) electrons. The minimum absolute atomic E-state index is 0.0483. The monoisotopic (exact) mass is 433 g/mol. The molecule has 0 bridgehead atoms. The Morgan fingerprint density at radius 2 is 1.77 bits per heavy atom. The lowest BCUT2D eigenvalue weighted by molar-refractivity contribution is -0.148. The number of aromatic nitrogens is 2. The summed E-state index contributed by atoms with van der Waals surface area (Å²) >= 11 is 0. The molecule has 1 aromatic carbocycles. The number of morpholine rings is 1. The summed E-state index contributed by atoms with van der Waals surface area (Å²) in [6.07, 6.45) is 3.61. The summed E-state index contributed by atoms with van der Waals surface area (Å²) in [5.74, 6) is 0.254.